The van der Waals surface area contributed by atoms with E-state index in [4.69, 9.17) is 5.73 Å². The maximum absolute atomic E-state index is 11.8. The molecular formula is C13H16BrN3O. The molecule has 1 atom stereocenters. The normalized spacial score (nSPS) is 24.1. The summed E-state index contributed by atoms with van der Waals surface area (Å²) >= 11 is 3.44. The van der Waals surface area contributed by atoms with Crippen LogP contribution in [0.5, 0.6) is 0 Å². The van der Waals surface area contributed by atoms with E-state index in [9.17, 15) is 4.79 Å². The Labute approximate surface area is 115 Å². The highest BCUT2D eigenvalue weighted by atomic mass is 79.9. The summed E-state index contributed by atoms with van der Waals surface area (Å²) in [7, 11) is 1.65. The van der Waals surface area contributed by atoms with Gasteiger partial charge in [-0.3, -0.25) is 9.69 Å². The fourth-order valence-corrected chi connectivity index (χ4v) is 2.60. The monoisotopic (exact) mass is 309 g/mol. The number of carbonyl (C=O) groups is 1. The first-order valence-electron chi connectivity index (χ1n) is 5.76. The largest absolute Gasteiger partial charge is 0.369 e. The van der Waals surface area contributed by atoms with Crippen molar-refractivity contribution in [3.05, 3.63) is 34.3 Å². The zero-order valence-electron chi connectivity index (χ0n) is 10.5. The number of halogens is 1. The molecule has 0 aromatic heterocycles. The van der Waals surface area contributed by atoms with E-state index in [1.807, 2.05) is 31.2 Å². The van der Waals surface area contributed by atoms with Crippen molar-refractivity contribution in [1.82, 2.24) is 4.90 Å². The number of nitrogens with two attached hydrogens (primary N) is 1. The number of guanidine groups is 1. The minimum atomic E-state index is -0.450. The van der Waals surface area contributed by atoms with Crippen molar-refractivity contribution in [2.45, 2.75) is 25.3 Å². The standard InChI is InChI=1S/C13H16BrN3O/c1-13(7-9-4-3-5-10(14)6-9)8-11(18)17(2)12(15)16-13/h3-6H,7-8H2,1-2H3,(H2,15,16)/t13-/m1/s1. The Balaban J connectivity index is 2.25. The summed E-state index contributed by atoms with van der Waals surface area (Å²) in [5.74, 6) is 0.309. The molecule has 1 aromatic rings. The number of hydrogen-bond acceptors (Lipinski definition) is 3. The van der Waals surface area contributed by atoms with Crippen LogP contribution in [0.2, 0.25) is 0 Å². The predicted octanol–water partition coefficient (Wildman–Crippen LogP) is 1.93. The highest BCUT2D eigenvalue weighted by molar-refractivity contribution is 9.10. The van der Waals surface area contributed by atoms with E-state index in [-0.39, 0.29) is 5.91 Å². The lowest BCUT2D eigenvalue weighted by Crippen LogP contribution is -2.49. The number of benzene rings is 1. The molecule has 0 unspecified atom stereocenters. The van der Waals surface area contributed by atoms with E-state index in [1.165, 1.54) is 4.90 Å². The molecule has 1 amide bonds. The van der Waals surface area contributed by atoms with Gasteiger partial charge in [0.05, 0.1) is 12.0 Å². The van der Waals surface area contributed by atoms with Crippen molar-refractivity contribution in [3.63, 3.8) is 0 Å². The van der Waals surface area contributed by atoms with Crippen molar-refractivity contribution >= 4 is 27.8 Å². The Kier molecular flexibility index (Phi) is 3.43. The summed E-state index contributed by atoms with van der Waals surface area (Å²) in [6.45, 7) is 1.96. The van der Waals surface area contributed by atoms with Crippen molar-refractivity contribution < 1.29 is 4.79 Å². The molecule has 0 fully saturated rings. The lowest BCUT2D eigenvalue weighted by Gasteiger charge is -2.33. The molecule has 1 heterocycles. The van der Waals surface area contributed by atoms with Crippen molar-refractivity contribution in [2.24, 2.45) is 10.7 Å². The second-order valence-corrected chi connectivity index (χ2v) is 5.82. The van der Waals surface area contributed by atoms with Gasteiger partial charge in [-0.2, -0.15) is 0 Å². The van der Waals surface area contributed by atoms with Crippen LogP contribution in [0.3, 0.4) is 0 Å². The lowest BCUT2D eigenvalue weighted by atomic mass is 9.88. The summed E-state index contributed by atoms with van der Waals surface area (Å²) in [4.78, 5) is 17.7. The van der Waals surface area contributed by atoms with Crippen molar-refractivity contribution in [3.8, 4) is 0 Å². The number of amides is 1. The molecule has 1 aromatic carbocycles. The van der Waals surface area contributed by atoms with E-state index in [0.29, 0.717) is 18.8 Å². The number of rotatable bonds is 2. The van der Waals surface area contributed by atoms with Crippen LogP contribution in [0.25, 0.3) is 0 Å². The third-order valence-electron chi connectivity index (χ3n) is 3.11. The van der Waals surface area contributed by atoms with Crippen LogP contribution in [-0.2, 0) is 11.2 Å². The van der Waals surface area contributed by atoms with Crippen LogP contribution < -0.4 is 5.73 Å². The third kappa shape index (κ3) is 2.72. The van der Waals surface area contributed by atoms with E-state index >= 15 is 0 Å². The number of nitrogens with zero attached hydrogens (tertiary/aromatic N) is 2. The van der Waals surface area contributed by atoms with Crippen LogP contribution in [0.15, 0.2) is 33.7 Å². The first-order valence-corrected chi connectivity index (χ1v) is 6.55. The Morgan fingerprint density at radius 3 is 2.89 bits per heavy atom. The molecule has 0 bridgehead atoms. The van der Waals surface area contributed by atoms with Gasteiger partial charge in [0.25, 0.3) is 0 Å². The topological polar surface area (TPSA) is 58.7 Å². The van der Waals surface area contributed by atoms with E-state index in [0.717, 1.165) is 10.0 Å². The van der Waals surface area contributed by atoms with E-state index in [1.54, 1.807) is 7.05 Å². The molecule has 0 saturated heterocycles. The van der Waals surface area contributed by atoms with Gasteiger partial charge in [0.2, 0.25) is 5.91 Å². The highest BCUT2D eigenvalue weighted by Crippen LogP contribution is 2.26. The zero-order chi connectivity index (χ0) is 13.3. The maximum Gasteiger partial charge on any atom is 0.231 e. The summed E-state index contributed by atoms with van der Waals surface area (Å²) in [6.07, 6.45) is 1.09. The van der Waals surface area contributed by atoms with Crippen LogP contribution in [0.4, 0.5) is 0 Å². The van der Waals surface area contributed by atoms with Crippen molar-refractivity contribution in [2.75, 3.05) is 7.05 Å². The molecule has 0 saturated carbocycles. The fourth-order valence-electron chi connectivity index (χ4n) is 2.15. The Bertz CT molecular complexity index is 515. The first kappa shape index (κ1) is 13.1. The third-order valence-corrected chi connectivity index (χ3v) is 3.60. The molecule has 0 radical (unpaired) electrons. The minimum absolute atomic E-state index is 0.0139. The smallest absolute Gasteiger partial charge is 0.231 e. The second-order valence-electron chi connectivity index (χ2n) is 4.90. The average molecular weight is 310 g/mol. The Morgan fingerprint density at radius 1 is 1.56 bits per heavy atom. The first-order chi connectivity index (χ1) is 8.39. The molecule has 4 nitrogen and oxygen atoms in total. The van der Waals surface area contributed by atoms with Gasteiger partial charge in [-0.25, -0.2) is 4.99 Å². The van der Waals surface area contributed by atoms with Gasteiger partial charge in [-0.1, -0.05) is 28.1 Å². The van der Waals surface area contributed by atoms with Crippen LogP contribution in [0.1, 0.15) is 18.9 Å². The molecule has 18 heavy (non-hydrogen) atoms. The summed E-state index contributed by atoms with van der Waals surface area (Å²) in [5, 5.41) is 0. The SMILES string of the molecule is CN1C(=O)C[C@@](C)(Cc2cccc(Br)c2)N=C1N. The molecule has 2 rings (SSSR count). The molecule has 2 N–H and O–H groups in total. The molecule has 96 valence electrons. The van der Waals surface area contributed by atoms with Gasteiger partial charge in [0, 0.05) is 11.5 Å². The highest BCUT2D eigenvalue weighted by Gasteiger charge is 2.34. The van der Waals surface area contributed by atoms with Gasteiger partial charge < -0.3 is 5.73 Å². The number of hydrogen-bond donors (Lipinski definition) is 1. The average Bonchev–Trinajstić information content (AvgIpc) is 2.25. The molecule has 1 aliphatic rings. The molecule has 5 heteroatoms. The maximum atomic E-state index is 11.8. The Hall–Kier alpha value is -1.36. The van der Waals surface area contributed by atoms with Gasteiger partial charge >= 0.3 is 0 Å². The van der Waals surface area contributed by atoms with Crippen LogP contribution in [0, 0.1) is 0 Å². The Morgan fingerprint density at radius 2 is 2.28 bits per heavy atom. The minimum Gasteiger partial charge on any atom is -0.369 e. The summed E-state index contributed by atoms with van der Waals surface area (Å²) in [5.41, 5.74) is 6.46. The fraction of sp³-hybridized carbons (Fsp3) is 0.385. The van der Waals surface area contributed by atoms with Crippen LogP contribution in [-0.4, -0.2) is 29.4 Å². The van der Waals surface area contributed by atoms with E-state index in [2.05, 4.69) is 20.9 Å². The summed E-state index contributed by atoms with van der Waals surface area (Å²) < 4.78 is 1.03. The number of aliphatic imine (C=N–C) groups is 1. The zero-order valence-corrected chi connectivity index (χ0v) is 12.1. The predicted molar refractivity (Wildman–Crippen MR) is 75.3 cm³/mol. The molecular weight excluding hydrogens is 294 g/mol. The quantitative estimate of drug-likeness (QED) is 0.907. The lowest BCUT2D eigenvalue weighted by molar-refractivity contribution is -0.128. The van der Waals surface area contributed by atoms with E-state index < -0.39 is 5.54 Å². The van der Waals surface area contributed by atoms with Gasteiger partial charge in [-0.15, -0.1) is 0 Å². The molecule has 0 spiro atoms. The van der Waals surface area contributed by atoms with Crippen LogP contribution >= 0.6 is 15.9 Å². The van der Waals surface area contributed by atoms with Gasteiger partial charge in [-0.05, 0) is 31.0 Å². The second kappa shape index (κ2) is 4.72. The van der Waals surface area contributed by atoms with Gasteiger partial charge in [0.15, 0.2) is 5.96 Å². The van der Waals surface area contributed by atoms with Gasteiger partial charge in [0.1, 0.15) is 0 Å². The van der Waals surface area contributed by atoms with Crippen molar-refractivity contribution in [1.29, 1.82) is 0 Å². The number of carbonyl (C=O) groups excluding carboxylic acids is 1. The molecule has 1 aliphatic heterocycles. The summed E-state index contributed by atoms with van der Waals surface area (Å²) in [6, 6.07) is 8.03. The molecule has 0 aliphatic carbocycles.